The predicted octanol–water partition coefficient (Wildman–Crippen LogP) is 0.757. The van der Waals surface area contributed by atoms with Gasteiger partial charge in [-0.2, -0.15) is 0 Å². The van der Waals surface area contributed by atoms with Gasteiger partial charge in [-0.25, -0.2) is 0 Å². The number of aromatic nitrogens is 3. The van der Waals surface area contributed by atoms with Gasteiger partial charge in [-0.15, -0.1) is 10.2 Å². The molecule has 0 radical (unpaired) electrons. The summed E-state index contributed by atoms with van der Waals surface area (Å²) in [6, 6.07) is 0. The maximum Gasteiger partial charge on any atom is 0.147 e. The molecule has 0 aromatic carbocycles. The van der Waals surface area contributed by atoms with Crippen LogP contribution in [0.5, 0.6) is 0 Å². The summed E-state index contributed by atoms with van der Waals surface area (Å²) < 4.78 is 2.31. The van der Waals surface area contributed by atoms with E-state index in [2.05, 4.69) is 25.0 Å². The van der Waals surface area contributed by atoms with E-state index in [0.29, 0.717) is 0 Å². The lowest BCUT2D eigenvalue weighted by Gasteiger charge is -2.25. The number of nitrogens with one attached hydrogen (secondary N) is 1. The van der Waals surface area contributed by atoms with Crippen LogP contribution >= 0.6 is 0 Å². The van der Waals surface area contributed by atoms with E-state index in [1.165, 1.54) is 38.8 Å². The third-order valence-corrected chi connectivity index (χ3v) is 3.74. The molecule has 0 aliphatic carbocycles. The van der Waals surface area contributed by atoms with Gasteiger partial charge in [0.25, 0.3) is 0 Å². The maximum atomic E-state index is 4.36. The molecule has 2 aliphatic rings. The highest BCUT2D eigenvalue weighted by molar-refractivity contribution is 4.97. The Kier molecular flexibility index (Phi) is 3.38. The van der Waals surface area contributed by atoms with Crippen molar-refractivity contribution < 1.29 is 0 Å². The molecule has 3 rings (SSSR count). The largest absolute Gasteiger partial charge is 0.313 e. The number of piperidine rings is 1. The first-order valence-corrected chi connectivity index (χ1v) is 6.77. The van der Waals surface area contributed by atoms with Crippen LogP contribution in [-0.4, -0.2) is 39.3 Å². The molecule has 0 amide bonds. The lowest BCUT2D eigenvalue weighted by atomic mass is 10.1. The Bertz CT molecular complexity index is 367. The molecule has 1 aromatic heterocycles. The monoisotopic (exact) mass is 235 g/mol. The van der Waals surface area contributed by atoms with Crippen LogP contribution in [0, 0.1) is 0 Å². The zero-order valence-electron chi connectivity index (χ0n) is 10.4. The van der Waals surface area contributed by atoms with Crippen LogP contribution in [-0.2, 0) is 19.6 Å². The van der Waals surface area contributed by atoms with Crippen LogP contribution in [0.4, 0.5) is 0 Å². The SMILES string of the molecule is C1CCN(Cc2nnc3n2CCCNC3)CC1. The first kappa shape index (κ1) is 11.2. The first-order valence-electron chi connectivity index (χ1n) is 6.77. The van der Waals surface area contributed by atoms with Gasteiger partial charge in [0.15, 0.2) is 0 Å². The normalized spacial score (nSPS) is 22.1. The van der Waals surface area contributed by atoms with Gasteiger partial charge in [-0.3, -0.25) is 4.90 Å². The summed E-state index contributed by atoms with van der Waals surface area (Å²) in [4.78, 5) is 2.51. The fraction of sp³-hybridized carbons (Fsp3) is 0.833. The molecule has 1 saturated heterocycles. The molecule has 0 saturated carbocycles. The van der Waals surface area contributed by atoms with E-state index in [9.17, 15) is 0 Å². The first-order chi connectivity index (χ1) is 8.43. The van der Waals surface area contributed by atoms with E-state index >= 15 is 0 Å². The van der Waals surface area contributed by atoms with Crippen molar-refractivity contribution in [1.82, 2.24) is 25.0 Å². The van der Waals surface area contributed by atoms with Crippen molar-refractivity contribution in [2.24, 2.45) is 0 Å². The van der Waals surface area contributed by atoms with Crippen molar-refractivity contribution in [2.45, 2.75) is 45.3 Å². The zero-order valence-corrected chi connectivity index (χ0v) is 10.4. The molecule has 5 heteroatoms. The topological polar surface area (TPSA) is 46.0 Å². The van der Waals surface area contributed by atoms with Crippen molar-refractivity contribution in [3.8, 4) is 0 Å². The lowest BCUT2D eigenvalue weighted by molar-refractivity contribution is 0.213. The van der Waals surface area contributed by atoms with E-state index in [1.807, 2.05) is 0 Å². The molecular formula is C12H21N5. The fourth-order valence-electron chi connectivity index (χ4n) is 2.76. The van der Waals surface area contributed by atoms with Crippen molar-refractivity contribution in [2.75, 3.05) is 19.6 Å². The summed E-state index contributed by atoms with van der Waals surface area (Å²) in [7, 11) is 0. The molecule has 0 bridgehead atoms. The summed E-state index contributed by atoms with van der Waals surface area (Å²) in [6.45, 7) is 6.45. The van der Waals surface area contributed by atoms with Crippen LogP contribution in [0.25, 0.3) is 0 Å². The third-order valence-electron chi connectivity index (χ3n) is 3.74. The number of fused-ring (bicyclic) bond motifs is 1. The van der Waals surface area contributed by atoms with Crippen molar-refractivity contribution in [3.63, 3.8) is 0 Å². The van der Waals surface area contributed by atoms with Gasteiger partial charge in [0.1, 0.15) is 11.6 Å². The van der Waals surface area contributed by atoms with E-state index < -0.39 is 0 Å². The van der Waals surface area contributed by atoms with Crippen LogP contribution in [0.15, 0.2) is 0 Å². The molecule has 0 spiro atoms. The summed E-state index contributed by atoms with van der Waals surface area (Å²) in [6.07, 6.45) is 5.24. The molecule has 1 aromatic rings. The Morgan fingerprint density at radius 3 is 2.76 bits per heavy atom. The van der Waals surface area contributed by atoms with Crippen molar-refractivity contribution in [1.29, 1.82) is 0 Å². The highest BCUT2D eigenvalue weighted by atomic mass is 15.3. The quantitative estimate of drug-likeness (QED) is 0.822. The molecule has 1 fully saturated rings. The maximum absolute atomic E-state index is 4.36. The number of hydrogen-bond donors (Lipinski definition) is 1. The van der Waals surface area contributed by atoms with Gasteiger partial charge in [-0.1, -0.05) is 6.42 Å². The number of likely N-dealkylation sites (tertiary alicyclic amines) is 1. The minimum absolute atomic E-state index is 0.868. The lowest BCUT2D eigenvalue weighted by Crippen LogP contribution is -2.30. The Labute approximate surface area is 102 Å². The number of rotatable bonds is 2. The minimum atomic E-state index is 0.868. The van der Waals surface area contributed by atoms with Gasteiger partial charge in [0.05, 0.1) is 13.1 Å². The summed E-state index contributed by atoms with van der Waals surface area (Å²) in [5.41, 5.74) is 0. The Morgan fingerprint density at radius 2 is 1.88 bits per heavy atom. The molecule has 94 valence electrons. The van der Waals surface area contributed by atoms with Crippen LogP contribution in [0.1, 0.15) is 37.3 Å². The second-order valence-electron chi connectivity index (χ2n) is 5.05. The van der Waals surface area contributed by atoms with Crippen LogP contribution < -0.4 is 5.32 Å². The molecule has 1 N–H and O–H groups in total. The fourth-order valence-corrected chi connectivity index (χ4v) is 2.76. The minimum Gasteiger partial charge on any atom is -0.313 e. The smallest absolute Gasteiger partial charge is 0.147 e. The van der Waals surface area contributed by atoms with E-state index in [-0.39, 0.29) is 0 Å². The van der Waals surface area contributed by atoms with E-state index in [4.69, 9.17) is 0 Å². The standard InChI is InChI=1S/C12H21N5/c1-2-6-16(7-3-1)10-12-15-14-11-9-13-5-4-8-17(11)12/h13H,1-10H2. The number of nitrogens with zero attached hydrogens (tertiary/aromatic N) is 4. The highest BCUT2D eigenvalue weighted by Crippen LogP contribution is 2.14. The molecule has 2 aliphatic heterocycles. The van der Waals surface area contributed by atoms with E-state index in [1.54, 1.807) is 0 Å². The van der Waals surface area contributed by atoms with Crippen LogP contribution in [0.3, 0.4) is 0 Å². The second-order valence-corrected chi connectivity index (χ2v) is 5.05. The molecule has 17 heavy (non-hydrogen) atoms. The molecule has 0 unspecified atom stereocenters. The Hall–Kier alpha value is -0.940. The van der Waals surface area contributed by atoms with E-state index in [0.717, 1.165) is 37.8 Å². The van der Waals surface area contributed by atoms with Gasteiger partial charge in [0.2, 0.25) is 0 Å². The van der Waals surface area contributed by atoms with Crippen LogP contribution in [0.2, 0.25) is 0 Å². The van der Waals surface area contributed by atoms with Crippen molar-refractivity contribution >= 4 is 0 Å². The summed E-state index contributed by atoms with van der Waals surface area (Å²) >= 11 is 0. The second kappa shape index (κ2) is 5.14. The molecule has 5 nitrogen and oxygen atoms in total. The molecule has 3 heterocycles. The average molecular weight is 235 g/mol. The number of hydrogen-bond acceptors (Lipinski definition) is 4. The van der Waals surface area contributed by atoms with Gasteiger partial charge in [0, 0.05) is 6.54 Å². The van der Waals surface area contributed by atoms with Crippen molar-refractivity contribution in [3.05, 3.63) is 11.6 Å². The molecular weight excluding hydrogens is 214 g/mol. The zero-order chi connectivity index (χ0) is 11.5. The Morgan fingerprint density at radius 1 is 1.00 bits per heavy atom. The summed E-state index contributed by atoms with van der Waals surface area (Å²) in [5, 5.41) is 12.1. The molecule has 0 atom stereocenters. The van der Waals surface area contributed by atoms with Gasteiger partial charge >= 0.3 is 0 Å². The highest BCUT2D eigenvalue weighted by Gasteiger charge is 2.17. The third kappa shape index (κ3) is 2.50. The average Bonchev–Trinajstić information content (AvgIpc) is 2.61. The summed E-state index contributed by atoms with van der Waals surface area (Å²) in [5.74, 6) is 2.26. The predicted molar refractivity (Wildman–Crippen MR) is 65.5 cm³/mol. The Balaban J connectivity index is 1.71. The van der Waals surface area contributed by atoms with Gasteiger partial charge < -0.3 is 9.88 Å². The van der Waals surface area contributed by atoms with Gasteiger partial charge in [-0.05, 0) is 38.9 Å².